The quantitative estimate of drug-likeness (QED) is 0.241. The molecule has 2 heterocycles. The van der Waals surface area contributed by atoms with E-state index < -0.39 is 10.0 Å². The first kappa shape index (κ1) is 24.1. The van der Waals surface area contributed by atoms with Crippen LogP contribution in [0.1, 0.15) is 18.4 Å². The molecule has 0 atom stereocenters. The number of likely N-dealkylation sites (tertiary alicyclic amines) is 1. The van der Waals surface area contributed by atoms with Crippen LogP contribution in [0.4, 0.5) is 0 Å². The lowest BCUT2D eigenvalue weighted by Gasteiger charge is -2.34. The summed E-state index contributed by atoms with van der Waals surface area (Å²) in [7, 11) is -1.64. The first-order valence-electron chi connectivity index (χ1n) is 9.61. The number of sulfonamides is 1. The Kier molecular flexibility index (Phi) is 9.87. The summed E-state index contributed by atoms with van der Waals surface area (Å²) in [5.74, 6) is 1.54. The minimum Gasteiger partial charge on any atom is -0.355 e. The number of nitrogens with one attached hydrogen (secondary N) is 2. The number of piperidine rings is 1. The number of rotatable bonds is 7. The van der Waals surface area contributed by atoms with Crippen LogP contribution in [-0.2, 0) is 16.4 Å². The van der Waals surface area contributed by atoms with Crippen LogP contribution in [0.3, 0.4) is 0 Å². The molecule has 160 valence electrons. The molecule has 0 aliphatic carbocycles. The topological polar surface area (TPSA) is 73.8 Å². The number of nitrogens with zero attached hydrogens (tertiary/aromatic N) is 2. The molecule has 1 aliphatic rings. The summed E-state index contributed by atoms with van der Waals surface area (Å²) in [6.45, 7) is 2.77. The Morgan fingerprint density at radius 3 is 2.48 bits per heavy atom. The molecule has 0 spiro atoms. The SMILES string of the molecule is CN=C(NCCNS(=O)(=O)c1cccs1)N1CCC(Cc2ccccc2)CC1.I. The van der Waals surface area contributed by atoms with Crippen LogP contribution in [0.25, 0.3) is 0 Å². The second-order valence-electron chi connectivity index (χ2n) is 6.92. The van der Waals surface area contributed by atoms with Crippen molar-refractivity contribution in [3.63, 3.8) is 0 Å². The minimum absolute atomic E-state index is 0. The number of aliphatic imine (C=N–C) groups is 1. The zero-order valence-corrected chi connectivity index (χ0v) is 20.5. The molecule has 1 fully saturated rings. The zero-order valence-electron chi connectivity index (χ0n) is 16.6. The Morgan fingerprint density at radius 1 is 1.14 bits per heavy atom. The molecular formula is C20H29IN4O2S2. The normalized spacial score (nSPS) is 15.8. The Morgan fingerprint density at radius 2 is 1.86 bits per heavy atom. The molecule has 6 nitrogen and oxygen atoms in total. The molecule has 0 bridgehead atoms. The summed E-state index contributed by atoms with van der Waals surface area (Å²) in [6, 6.07) is 14.0. The summed E-state index contributed by atoms with van der Waals surface area (Å²) in [5.41, 5.74) is 1.40. The van der Waals surface area contributed by atoms with Gasteiger partial charge in [0.25, 0.3) is 0 Å². The third-order valence-corrected chi connectivity index (χ3v) is 7.81. The maximum absolute atomic E-state index is 12.1. The molecule has 2 N–H and O–H groups in total. The van der Waals surface area contributed by atoms with Crippen LogP contribution < -0.4 is 10.0 Å². The number of thiophene rings is 1. The van der Waals surface area contributed by atoms with Crippen molar-refractivity contribution >= 4 is 51.3 Å². The summed E-state index contributed by atoms with van der Waals surface area (Å²) in [5, 5.41) is 5.03. The van der Waals surface area contributed by atoms with Gasteiger partial charge in [0.05, 0.1) is 0 Å². The molecule has 2 aromatic rings. The van der Waals surface area contributed by atoms with E-state index in [1.165, 1.54) is 16.9 Å². The molecule has 1 aromatic heterocycles. The summed E-state index contributed by atoms with van der Waals surface area (Å²) >= 11 is 1.22. The van der Waals surface area contributed by atoms with E-state index in [0.29, 0.717) is 23.2 Å². The van der Waals surface area contributed by atoms with Crippen molar-refractivity contribution in [1.82, 2.24) is 14.9 Å². The highest BCUT2D eigenvalue weighted by Crippen LogP contribution is 2.21. The number of hydrogen-bond acceptors (Lipinski definition) is 4. The fourth-order valence-corrected chi connectivity index (χ4v) is 5.55. The van der Waals surface area contributed by atoms with Gasteiger partial charge in [-0.05, 0) is 42.2 Å². The lowest BCUT2D eigenvalue weighted by atomic mass is 9.90. The molecule has 0 radical (unpaired) electrons. The van der Waals surface area contributed by atoms with Gasteiger partial charge in [-0.3, -0.25) is 4.99 Å². The van der Waals surface area contributed by atoms with Crippen LogP contribution in [0, 0.1) is 5.92 Å². The van der Waals surface area contributed by atoms with Gasteiger partial charge in [0.15, 0.2) is 5.96 Å². The van der Waals surface area contributed by atoms with Crippen molar-refractivity contribution in [3.8, 4) is 0 Å². The van der Waals surface area contributed by atoms with Gasteiger partial charge in [0.1, 0.15) is 4.21 Å². The van der Waals surface area contributed by atoms with E-state index in [-0.39, 0.29) is 24.0 Å². The van der Waals surface area contributed by atoms with Crippen LogP contribution in [0.15, 0.2) is 57.0 Å². The molecule has 0 saturated carbocycles. The van der Waals surface area contributed by atoms with Crippen molar-refractivity contribution in [2.45, 2.75) is 23.5 Å². The molecule has 1 saturated heterocycles. The van der Waals surface area contributed by atoms with Gasteiger partial charge in [0.2, 0.25) is 10.0 Å². The van der Waals surface area contributed by atoms with Gasteiger partial charge in [-0.2, -0.15) is 0 Å². The Balaban J connectivity index is 0.00000300. The third kappa shape index (κ3) is 7.23. The van der Waals surface area contributed by atoms with Gasteiger partial charge in [-0.15, -0.1) is 35.3 Å². The van der Waals surface area contributed by atoms with Crippen molar-refractivity contribution in [1.29, 1.82) is 0 Å². The van der Waals surface area contributed by atoms with Crippen LogP contribution in [-0.4, -0.2) is 52.5 Å². The Bertz CT molecular complexity index is 850. The second kappa shape index (κ2) is 11.9. The van der Waals surface area contributed by atoms with Crippen molar-refractivity contribution in [2.24, 2.45) is 10.9 Å². The molecule has 0 unspecified atom stereocenters. The molecular weight excluding hydrogens is 519 g/mol. The van der Waals surface area contributed by atoms with Gasteiger partial charge < -0.3 is 10.2 Å². The molecule has 1 aliphatic heterocycles. The third-order valence-electron chi connectivity index (χ3n) is 4.95. The highest BCUT2D eigenvalue weighted by molar-refractivity contribution is 14.0. The molecule has 1 aromatic carbocycles. The Hall–Kier alpha value is -1.17. The summed E-state index contributed by atoms with van der Waals surface area (Å²) in [4.78, 5) is 6.62. The zero-order chi connectivity index (χ0) is 19.8. The van der Waals surface area contributed by atoms with Crippen LogP contribution in [0.5, 0.6) is 0 Å². The molecule has 0 amide bonds. The highest BCUT2D eigenvalue weighted by Gasteiger charge is 2.21. The number of benzene rings is 1. The fourth-order valence-electron chi connectivity index (χ4n) is 3.48. The van der Waals surface area contributed by atoms with E-state index in [0.717, 1.165) is 38.3 Å². The monoisotopic (exact) mass is 548 g/mol. The van der Waals surface area contributed by atoms with E-state index in [9.17, 15) is 8.42 Å². The van der Waals surface area contributed by atoms with Gasteiger partial charge >= 0.3 is 0 Å². The lowest BCUT2D eigenvalue weighted by molar-refractivity contribution is 0.259. The van der Waals surface area contributed by atoms with Crippen molar-refractivity contribution in [2.75, 3.05) is 33.2 Å². The molecule has 9 heteroatoms. The lowest BCUT2D eigenvalue weighted by Crippen LogP contribution is -2.47. The average Bonchev–Trinajstić information content (AvgIpc) is 3.26. The Labute approximate surface area is 194 Å². The van der Waals surface area contributed by atoms with E-state index in [4.69, 9.17) is 0 Å². The van der Waals surface area contributed by atoms with Gasteiger partial charge in [-0.25, -0.2) is 13.1 Å². The summed E-state index contributed by atoms with van der Waals surface area (Å²) in [6.07, 6.45) is 3.41. The van der Waals surface area contributed by atoms with Gasteiger partial charge in [0, 0.05) is 33.2 Å². The maximum atomic E-state index is 12.1. The number of halogens is 1. The minimum atomic E-state index is -3.41. The number of guanidine groups is 1. The number of hydrogen-bond donors (Lipinski definition) is 2. The summed E-state index contributed by atoms with van der Waals surface area (Å²) < 4.78 is 27.2. The molecule has 29 heavy (non-hydrogen) atoms. The highest BCUT2D eigenvalue weighted by atomic mass is 127. The van der Waals surface area contributed by atoms with Crippen molar-refractivity contribution in [3.05, 3.63) is 53.4 Å². The van der Waals surface area contributed by atoms with Crippen molar-refractivity contribution < 1.29 is 8.42 Å². The fraction of sp³-hybridized carbons (Fsp3) is 0.450. The second-order valence-corrected chi connectivity index (χ2v) is 9.87. The standard InChI is InChI=1S/C20H28N4O2S2.HI/c1-21-20(22-11-12-23-28(25,26)19-8-5-15-27-19)24-13-9-18(10-14-24)16-17-6-3-2-4-7-17;/h2-8,15,18,23H,9-14,16H2,1H3,(H,21,22);1H. The van der Waals surface area contributed by atoms with Gasteiger partial charge in [-0.1, -0.05) is 36.4 Å². The smallest absolute Gasteiger partial charge is 0.250 e. The molecule has 3 rings (SSSR count). The maximum Gasteiger partial charge on any atom is 0.250 e. The predicted octanol–water partition coefficient (Wildman–Crippen LogP) is 3.17. The first-order valence-corrected chi connectivity index (χ1v) is 12.0. The van der Waals surface area contributed by atoms with E-state index in [1.807, 2.05) is 0 Å². The van der Waals surface area contributed by atoms with E-state index in [1.54, 1.807) is 24.6 Å². The largest absolute Gasteiger partial charge is 0.355 e. The van der Waals surface area contributed by atoms with Crippen LogP contribution in [0.2, 0.25) is 0 Å². The van der Waals surface area contributed by atoms with Crippen LogP contribution >= 0.6 is 35.3 Å². The predicted molar refractivity (Wildman–Crippen MR) is 131 cm³/mol. The van der Waals surface area contributed by atoms with E-state index >= 15 is 0 Å². The average molecular weight is 549 g/mol. The van der Waals surface area contributed by atoms with E-state index in [2.05, 4.69) is 50.3 Å². The first-order chi connectivity index (χ1) is 13.6.